The largest absolute Gasteiger partial charge is 0.382 e. The van der Waals surface area contributed by atoms with Gasteiger partial charge in [-0.1, -0.05) is 0 Å². The van der Waals surface area contributed by atoms with Crippen LogP contribution in [-0.2, 0) is 16.0 Å². The Kier molecular flexibility index (Phi) is 4.70. The molecule has 0 unspecified atom stereocenters. The minimum absolute atomic E-state index is 0.508. The molecule has 0 aromatic carbocycles. The number of anilines is 1. The maximum Gasteiger partial charge on any atom is 0.202 e. The first-order valence-electron chi connectivity index (χ1n) is 6.38. The Balaban J connectivity index is 1.97. The van der Waals surface area contributed by atoms with Crippen molar-refractivity contribution in [3.05, 3.63) is 17.8 Å². The summed E-state index contributed by atoms with van der Waals surface area (Å²) in [6, 6.07) is 1.94. The molecule has 0 saturated carbocycles. The summed E-state index contributed by atoms with van der Waals surface area (Å²) in [5, 5.41) is 0. The zero-order valence-corrected chi connectivity index (χ0v) is 11.4. The van der Waals surface area contributed by atoms with Crippen molar-refractivity contribution in [2.45, 2.75) is 19.9 Å². The highest BCUT2D eigenvalue weighted by atomic mass is 16.5. The van der Waals surface area contributed by atoms with Crippen LogP contribution in [0.5, 0.6) is 0 Å². The van der Waals surface area contributed by atoms with Gasteiger partial charge in [0, 0.05) is 26.5 Å². The van der Waals surface area contributed by atoms with Crippen LogP contribution in [0.3, 0.4) is 0 Å². The summed E-state index contributed by atoms with van der Waals surface area (Å²) in [5.41, 5.74) is 8.74. The maximum atomic E-state index is 5.94. The average Bonchev–Trinajstić information content (AvgIpc) is 2.72. The summed E-state index contributed by atoms with van der Waals surface area (Å²) in [6.45, 7) is 4.68. The number of nitrogen functional groups attached to an aromatic ring is 1. The molecule has 0 spiro atoms. The van der Waals surface area contributed by atoms with Gasteiger partial charge in [0.2, 0.25) is 5.95 Å². The highest BCUT2D eigenvalue weighted by molar-refractivity contribution is 5.77. The highest BCUT2D eigenvalue weighted by Gasteiger charge is 2.10. The summed E-state index contributed by atoms with van der Waals surface area (Å²) in [5.74, 6) is 0.508. The summed E-state index contributed by atoms with van der Waals surface area (Å²) in [4.78, 5) is 8.71. The number of pyridine rings is 1. The van der Waals surface area contributed by atoms with Crippen LogP contribution >= 0.6 is 0 Å². The van der Waals surface area contributed by atoms with Crippen LogP contribution in [0.1, 0.15) is 12.0 Å². The second kappa shape index (κ2) is 6.49. The Morgan fingerprint density at radius 2 is 2.16 bits per heavy atom. The number of hydrogen-bond acceptors (Lipinski definition) is 5. The zero-order chi connectivity index (χ0) is 13.7. The monoisotopic (exact) mass is 264 g/mol. The summed E-state index contributed by atoms with van der Waals surface area (Å²) in [7, 11) is 1.66. The van der Waals surface area contributed by atoms with E-state index in [1.165, 1.54) is 0 Å². The molecule has 6 heteroatoms. The molecule has 104 valence electrons. The molecule has 19 heavy (non-hydrogen) atoms. The molecule has 0 bridgehead atoms. The van der Waals surface area contributed by atoms with Crippen molar-refractivity contribution in [1.82, 2.24) is 14.5 Å². The van der Waals surface area contributed by atoms with E-state index in [1.807, 2.05) is 17.6 Å². The molecule has 0 saturated heterocycles. The van der Waals surface area contributed by atoms with Gasteiger partial charge < -0.3 is 15.2 Å². The van der Waals surface area contributed by atoms with E-state index in [0.717, 1.165) is 29.7 Å². The normalized spacial score (nSPS) is 11.3. The van der Waals surface area contributed by atoms with Crippen molar-refractivity contribution in [3.8, 4) is 0 Å². The molecule has 6 nitrogen and oxygen atoms in total. The summed E-state index contributed by atoms with van der Waals surface area (Å²) >= 11 is 0. The van der Waals surface area contributed by atoms with Crippen molar-refractivity contribution in [2.75, 3.05) is 32.7 Å². The van der Waals surface area contributed by atoms with Gasteiger partial charge in [0.15, 0.2) is 5.65 Å². The summed E-state index contributed by atoms with van der Waals surface area (Å²) in [6.07, 6.45) is 2.65. The van der Waals surface area contributed by atoms with Gasteiger partial charge in [-0.15, -0.1) is 0 Å². The number of ether oxygens (including phenoxy) is 2. The van der Waals surface area contributed by atoms with Crippen LogP contribution in [0, 0.1) is 6.92 Å². The van der Waals surface area contributed by atoms with Crippen molar-refractivity contribution in [1.29, 1.82) is 0 Å². The Morgan fingerprint density at radius 1 is 1.32 bits per heavy atom. The molecular weight excluding hydrogens is 244 g/mol. The third kappa shape index (κ3) is 3.21. The molecular formula is C13H20N4O2. The lowest BCUT2D eigenvalue weighted by Gasteiger charge is -2.06. The van der Waals surface area contributed by atoms with E-state index >= 15 is 0 Å². The first kappa shape index (κ1) is 13.8. The second-order valence-electron chi connectivity index (χ2n) is 4.38. The number of methoxy groups -OCH3 is 1. The van der Waals surface area contributed by atoms with E-state index in [-0.39, 0.29) is 0 Å². The lowest BCUT2D eigenvalue weighted by atomic mass is 10.3. The molecule has 2 aromatic rings. The van der Waals surface area contributed by atoms with Crippen LogP contribution in [0.25, 0.3) is 11.2 Å². The van der Waals surface area contributed by atoms with Crippen LogP contribution in [0.4, 0.5) is 5.95 Å². The lowest BCUT2D eigenvalue weighted by Crippen LogP contribution is -2.08. The Bertz CT molecular complexity index is 539. The average molecular weight is 264 g/mol. The van der Waals surface area contributed by atoms with Gasteiger partial charge in [0.1, 0.15) is 5.52 Å². The molecule has 2 rings (SSSR count). The number of fused-ring (bicyclic) bond motifs is 1. The van der Waals surface area contributed by atoms with Gasteiger partial charge in [-0.2, -0.15) is 0 Å². The minimum Gasteiger partial charge on any atom is -0.382 e. The smallest absolute Gasteiger partial charge is 0.202 e. The van der Waals surface area contributed by atoms with Crippen LogP contribution < -0.4 is 5.73 Å². The van der Waals surface area contributed by atoms with Crippen LogP contribution in [-0.4, -0.2) is 41.5 Å². The molecule has 0 aliphatic rings. The van der Waals surface area contributed by atoms with Gasteiger partial charge in [-0.05, 0) is 25.0 Å². The number of aromatic nitrogens is 3. The fourth-order valence-corrected chi connectivity index (χ4v) is 1.94. The van der Waals surface area contributed by atoms with E-state index in [4.69, 9.17) is 15.2 Å². The van der Waals surface area contributed by atoms with E-state index in [9.17, 15) is 0 Å². The fourth-order valence-electron chi connectivity index (χ4n) is 1.94. The third-order valence-corrected chi connectivity index (χ3v) is 2.97. The Hall–Kier alpha value is -1.66. The van der Waals surface area contributed by atoms with Gasteiger partial charge in [-0.3, -0.25) is 4.57 Å². The molecule has 0 atom stereocenters. The van der Waals surface area contributed by atoms with E-state index in [0.29, 0.717) is 25.8 Å². The maximum absolute atomic E-state index is 5.94. The number of imidazole rings is 1. The van der Waals surface area contributed by atoms with Gasteiger partial charge in [0.25, 0.3) is 0 Å². The number of aryl methyl sites for hydroxylation is 2. The predicted molar refractivity (Wildman–Crippen MR) is 74.0 cm³/mol. The lowest BCUT2D eigenvalue weighted by molar-refractivity contribution is 0.0681. The summed E-state index contributed by atoms with van der Waals surface area (Å²) < 4.78 is 12.3. The Morgan fingerprint density at radius 3 is 2.95 bits per heavy atom. The molecule has 2 heterocycles. The molecule has 0 aliphatic carbocycles. The SMILES string of the molecule is COCCOCCCn1c(N)nc2c(C)ccnc21. The first-order chi connectivity index (χ1) is 9.24. The van der Waals surface area contributed by atoms with E-state index < -0.39 is 0 Å². The number of rotatable bonds is 7. The quantitative estimate of drug-likeness (QED) is 0.764. The molecule has 2 N–H and O–H groups in total. The second-order valence-corrected chi connectivity index (χ2v) is 4.38. The molecule has 0 aliphatic heterocycles. The van der Waals surface area contributed by atoms with Gasteiger partial charge >= 0.3 is 0 Å². The number of nitrogens with zero attached hydrogens (tertiary/aromatic N) is 3. The van der Waals surface area contributed by atoms with E-state index in [2.05, 4.69) is 9.97 Å². The topological polar surface area (TPSA) is 75.2 Å². The van der Waals surface area contributed by atoms with Crippen molar-refractivity contribution in [2.24, 2.45) is 0 Å². The van der Waals surface area contributed by atoms with Crippen molar-refractivity contribution in [3.63, 3.8) is 0 Å². The van der Waals surface area contributed by atoms with E-state index in [1.54, 1.807) is 13.3 Å². The number of nitrogens with two attached hydrogens (primary N) is 1. The standard InChI is InChI=1S/C13H20N4O2/c1-10-4-5-15-12-11(10)16-13(14)17(12)6-3-7-19-9-8-18-2/h4-5H,3,6-9H2,1-2H3,(H2,14,16). The molecule has 0 radical (unpaired) electrons. The predicted octanol–water partition coefficient (Wildman–Crippen LogP) is 1.38. The first-order valence-corrected chi connectivity index (χ1v) is 6.38. The number of hydrogen-bond donors (Lipinski definition) is 1. The Labute approximate surface area is 112 Å². The zero-order valence-electron chi connectivity index (χ0n) is 11.4. The van der Waals surface area contributed by atoms with Crippen LogP contribution in [0.15, 0.2) is 12.3 Å². The minimum atomic E-state index is 0.508. The van der Waals surface area contributed by atoms with Gasteiger partial charge in [0.05, 0.1) is 13.2 Å². The van der Waals surface area contributed by atoms with Crippen molar-refractivity contribution < 1.29 is 9.47 Å². The molecule has 0 amide bonds. The van der Waals surface area contributed by atoms with Crippen molar-refractivity contribution >= 4 is 17.1 Å². The van der Waals surface area contributed by atoms with Gasteiger partial charge in [-0.25, -0.2) is 9.97 Å². The molecule has 2 aromatic heterocycles. The highest BCUT2D eigenvalue weighted by Crippen LogP contribution is 2.18. The fraction of sp³-hybridized carbons (Fsp3) is 0.538. The van der Waals surface area contributed by atoms with Crippen LogP contribution in [0.2, 0.25) is 0 Å². The third-order valence-electron chi connectivity index (χ3n) is 2.97. The molecule has 0 fully saturated rings.